The van der Waals surface area contributed by atoms with E-state index in [-0.39, 0.29) is 42.0 Å². The summed E-state index contributed by atoms with van der Waals surface area (Å²) >= 11 is 1.65. The second-order valence-corrected chi connectivity index (χ2v) is 14.1. The predicted octanol–water partition coefficient (Wildman–Crippen LogP) is 5.29. The molecule has 3 fully saturated rings. The van der Waals surface area contributed by atoms with Crippen LogP contribution in [0.15, 0.2) is 98.1 Å². The summed E-state index contributed by atoms with van der Waals surface area (Å²) < 4.78 is -0.800. The van der Waals surface area contributed by atoms with Gasteiger partial charge in [-0.1, -0.05) is 79.7 Å². The van der Waals surface area contributed by atoms with Gasteiger partial charge in [-0.15, -0.1) is 24.9 Å². The Morgan fingerprint density at radius 2 is 1.71 bits per heavy atom. The summed E-state index contributed by atoms with van der Waals surface area (Å²) in [6.07, 6.45) is 4.16. The number of aliphatic hydroxyl groups excluding tert-OH is 1. The molecule has 234 valence electrons. The number of aliphatic hydroxyl groups is 1. The second kappa shape index (κ2) is 12.5. The Bertz CT molecular complexity index is 1630. The zero-order valence-electron chi connectivity index (χ0n) is 25.9. The highest BCUT2D eigenvalue weighted by molar-refractivity contribution is 8.02. The summed E-state index contributed by atoms with van der Waals surface area (Å²) in [5, 5.41) is 12.3. The van der Waals surface area contributed by atoms with E-state index in [1.807, 2.05) is 72.8 Å². The summed E-state index contributed by atoms with van der Waals surface area (Å²) in [5.41, 5.74) is 1.73. The average molecular weight is 624 g/mol. The normalized spacial score (nSPS) is 27.3. The van der Waals surface area contributed by atoms with E-state index in [1.54, 1.807) is 45.5 Å². The number of hydrogen-bond acceptors (Lipinski definition) is 5. The molecule has 0 radical (unpaired) electrons. The van der Waals surface area contributed by atoms with Crippen LogP contribution in [0.3, 0.4) is 0 Å². The van der Waals surface area contributed by atoms with Crippen molar-refractivity contribution in [1.82, 2.24) is 9.80 Å². The number of carbonyl (C=O) groups is 3. The highest BCUT2D eigenvalue weighted by Gasteiger charge is 2.76. The van der Waals surface area contributed by atoms with Crippen molar-refractivity contribution >= 4 is 45.9 Å². The van der Waals surface area contributed by atoms with Crippen LogP contribution in [0.5, 0.6) is 0 Å². The fourth-order valence-electron chi connectivity index (χ4n) is 7.93. The van der Waals surface area contributed by atoms with Gasteiger partial charge in [0.2, 0.25) is 11.8 Å². The first-order chi connectivity index (χ1) is 21.8. The van der Waals surface area contributed by atoms with Gasteiger partial charge >= 0.3 is 0 Å². The molecule has 7 nitrogen and oxygen atoms in total. The maximum Gasteiger partial charge on any atom is 0.251 e. The molecule has 45 heavy (non-hydrogen) atoms. The van der Waals surface area contributed by atoms with Crippen LogP contribution in [0, 0.1) is 17.8 Å². The molecule has 3 amide bonds. The van der Waals surface area contributed by atoms with Gasteiger partial charge in [-0.05, 0) is 47.7 Å². The van der Waals surface area contributed by atoms with Crippen molar-refractivity contribution in [1.29, 1.82) is 0 Å². The van der Waals surface area contributed by atoms with Crippen molar-refractivity contribution < 1.29 is 19.5 Å². The number of fused-ring (bicyclic) bond motifs is 2. The van der Waals surface area contributed by atoms with Crippen LogP contribution in [0.1, 0.15) is 25.8 Å². The van der Waals surface area contributed by atoms with Crippen molar-refractivity contribution in [2.45, 2.75) is 48.9 Å². The summed E-state index contributed by atoms with van der Waals surface area (Å²) in [4.78, 5) is 49.1. The van der Waals surface area contributed by atoms with Crippen molar-refractivity contribution in [3.63, 3.8) is 0 Å². The number of benzene rings is 3. The van der Waals surface area contributed by atoms with E-state index in [1.165, 1.54) is 0 Å². The molecule has 3 heterocycles. The van der Waals surface area contributed by atoms with Gasteiger partial charge in [-0.3, -0.25) is 14.4 Å². The highest BCUT2D eigenvalue weighted by Crippen LogP contribution is 2.69. The van der Waals surface area contributed by atoms with Gasteiger partial charge in [-0.2, -0.15) is 0 Å². The molecular formula is C37H41N3O4S. The molecule has 6 rings (SSSR count). The van der Waals surface area contributed by atoms with Crippen LogP contribution in [-0.4, -0.2) is 74.4 Å². The smallest absolute Gasteiger partial charge is 0.251 e. The lowest BCUT2D eigenvalue weighted by Crippen LogP contribution is -2.59. The summed E-state index contributed by atoms with van der Waals surface area (Å²) in [5.74, 6) is -1.73. The summed E-state index contributed by atoms with van der Waals surface area (Å²) in [7, 11) is 0. The van der Waals surface area contributed by atoms with Crippen LogP contribution in [0.25, 0.3) is 10.8 Å². The molecule has 0 aromatic heterocycles. The number of rotatable bonds is 11. The Morgan fingerprint density at radius 1 is 1.02 bits per heavy atom. The molecule has 3 aromatic rings. The molecule has 3 aliphatic heterocycles. The lowest BCUT2D eigenvalue weighted by Gasteiger charge is -2.42. The van der Waals surface area contributed by atoms with Crippen molar-refractivity contribution in [2.24, 2.45) is 17.8 Å². The second-order valence-electron chi connectivity index (χ2n) is 12.6. The van der Waals surface area contributed by atoms with E-state index >= 15 is 0 Å². The first-order valence-corrected chi connectivity index (χ1v) is 16.6. The Labute approximate surface area is 269 Å². The first-order valence-electron chi connectivity index (χ1n) is 15.7. The van der Waals surface area contributed by atoms with E-state index < -0.39 is 28.7 Å². The Morgan fingerprint density at radius 3 is 2.40 bits per heavy atom. The molecule has 3 aliphatic rings. The predicted molar refractivity (Wildman–Crippen MR) is 181 cm³/mol. The minimum atomic E-state index is -0.839. The third-order valence-electron chi connectivity index (χ3n) is 9.94. The Kier molecular flexibility index (Phi) is 8.63. The Hall–Kier alpha value is -3.88. The lowest BCUT2D eigenvalue weighted by atomic mass is 9.65. The van der Waals surface area contributed by atoms with Gasteiger partial charge < -0.3 is 19.8 Å². The van der Waals surface area contributed by atoms with Gasteiger partial charge in [0.25, 0.3) is 5.91 Å². The van der Waals surface area contributed by atoms with Gasteiger partial charge in [0, 0.05) is 30.6 Å². The molecule has 2 bridgehead atoms. The fourth-order valence-corrected chi connectivity index (χ4v) is 10.3. The number of hydrogen-bond donors (Lipinski definition) is 1. The van der Waals surface area contributed by atoms with Crippen molar-refractivity contribution in [2.75, 3.05) is 24.6 Å². The average Bonchev–Trinajstić information content (AvgIpc) is 3.66. The summed E-state index contributed by atoms with van der Waals surface area (Å²) in [6.45, 7) is 12.5. The third-order valence-corrected chi connectivity index (χ3v) is 12.0. The van der Waals surface area contributed by atoms with Crippen molar-refractivity contribution in [3.8, 4) is 0 Å². The molecular weight excluding hydrogens is 582 g/mol. The summed E-state index contributed by atoms with van der Waals surface area (Å²) in [6, 6.07) is 22.3. The molecule has 3 saturated heterocycles. The minimum absolute atomic E-state index is 0.0134. The SMILES string of the molecule is C=CCN(Cc1ccccc1)C(=O)[C@@H]1[C@@H]2CC(C)C3(S2)C(C(=O)N(CC=C)c2ccc4ccccc4c2)N([C@H](C)CO)C(=O)[C@H]13. The first kappa shape index (κ1) is 31.1. The molecule has 3 aromatic carbocycles. The standard InChI is InChI=1S/C37H41N3O4S/c1-5-18-38(22-26-12-8-7-9-13-26)34(42)31-30-20-24(3)37(45-30)32(31)35(43)40(25(4)23-41)33(37)36(44)39(19-6-2)29-17-16-27-14-10-11-15-28(27)21-29/h5-17,21,24-25,30-33,41H,1-2,18-20,22-23H2,3-4H3/t24?,25-,30+,31-,32+,33?,37?/m1/s1. The zero-order chi connectivity index (χ0) is 31.9. The maximum absolute atomic E-state index is 15.0. The zero-order valence-corrected chi connectivity index (χ0v) is 26.7. The van der Waals surface area contributed by atoms with Crippen LogP contribution >= 0.6 is 11.8 Å². The van der Waals surface area contributed by atoms with Crippen molar-refractivity contribution in [3.05, 3.63) is 104 Å². The number of anilines is 1. The largest absolute Gasteiger partial charge is 0.394 e. The quantitative estimate of drug-likeness (QED) is 0.294. The number of thioether (sulfide) groups is 1. The van der Waals surface area contributed by atoms with Gasteiger partial charge in [0.05, 0.1) is 29.2 Å². The van der Waals surface area contributed by atoms with Gasteiger partial charge in [-0.25, -0.2) is 0 Å². The number of carbonyl (C=O) groups excluding carboxylic acids is 3. The van der Waals surface area contributed by atoms with Crippen LogP contribution in [-0.2, 0) is 20.9 Å². The molecule has 0 aliphatic carbocycles. The van der Waals surface area contributed by atoms with E-state index in [9.17, 15) is 19.5 Å². The molecule has 8 heteroatoms. The van der Waals surface area contributed by atoms with Crippen LogP contribution in [0.4, 0.5) is 5.69 Å². The molecule has 1 spiro atoms. The van der Waals surface area contributed by atoms with E-state index in [0.717, 1.165) is 28.4 Å². The van der Waals surface area contributed by atoms with E-state index in [0.29, 0.717) is 13.1 Å². The number of nitrogens with zero attached hydrogens (tertiary/aromatic N) is 3. The number of amides is 3. The molecule has 7 atom stereocenters. The van der Waals surface area contributed by atoms with E-state index in [2.05, 4.69) is 20.1 Å². The van der Waals surface area contributed by atoms with Crippen LogP contribution in [0.2, 0.25) is 0 Å². The topological polar surface area (TPSA) is 81.2 Å². The van der Waals surface area contributed by atoms with Crippen LogP contribution < -0.4 is 4.90 Å². The van der Waals surface area contributed by atoms with Gasteiger partial charge in [0.15, 0.2) is 0 Å². The third kappa shape index (κ3) is 5.08. The Balaban J connectivity index is 1.41. The highest BCUT2D eigenvalue weighted by atomic mass is 32.2. The molecule has 1 N–H and O–H groups in total. The van der Waals surface area contributed by atoms with Gasteiger partial charge in [0.1, 0.15) is 6.04 Å². The monoisotopic (exact) mass is 623 g/mol. The number of likely N-dealkylation sites (tertiary alicyclic amines) is 1. The maximum atomic E-state index is 15.0. The van der Waals surface area contributed by atoms with E-state index in [4.69, 9.17) is 0 Å². The minimum Gasteiger partial charge on any atom is -0.394 e. The lowest BCUT2D eigenvalue weighted by molar-refractivity contribution is -0.145. The molecule has 3 unspecified atom stereocenters. The fraction of sp³-hybridized carbons (Fsp3) is 0.378. The molecule has 0 saturated carbocycles.